The summed E-state index contributed by atoms with van der Waals surface area (Å²) in [4.78, 5) is 2.30. The van der Waals surface area contributed by atoms with Crippen molar-refractivity contribution >= 4 is 0 Å². The zero-order valence-electron chi connectivity index (χ0n) is 19.8. The molecule has 2 fully saturated rings. The standard InChI is InChI=1S/C27H33FN4O2/c1-32-9-7-27(18-32)25-12-19(4-6-22(25)17-34-27)20-3-5-21(26(28)13-20)11-23(14-29)31-16-24-15-30-8-2-10-33-24/h3-6,12-13,23-24,30-31H,2,7-11,15-18H2,1H3/t23-,24?,27?/m0/s1. The van der Waals surface area contributed by atoms with Gasteiger partial charge in [-0.1, -0.05) is 24.3 Å². The zero-order chi connectivity index (χ0) is 23.5. The van der Waals surface area contributed by atoms with Crippen molar-refractivity contribution in [2.45, 2.75) is 43.6 Å². The van der Waals surface area contributed by atoms with Gasteiger partial charge in [0.1, 0.15) is 11.4 Å². The second-order valence-electron chi connectivity index (χ2n) is 9.79. The monoisotopic (exact) mass is 464 g/mol. The summed E-state index contributed by atoms with van der Waals surface area (Å²) in [5, 5.41) is 16.2. The van der Waals surface area contributed by atoms with Crippen LogP contribution in [0.1, 0.15) is 29.5 Å². The molecule has 3 aliphatic rings. The van der Waals surface area contributed by atoms with Gasteiger partial charge in [0.25, 0.3) is 0 Å². The second-order valence-corrected chi connectivity index (χ2v) is 9.79. The Balaban J connectivity index is 1.28. The highest BCUT2D eigenvalue weighted by molar-refractivity contribution is 5.66. The predicted octanol–water partition coefficient (Wildman–Crippen LogP) is 2.96. The highest BCUT2D eigenvalue weighted by Crippen LogP contribution is 2.44. The molecule has 2 aromatic rings. The minimum atomic E-state index is -0.469. The Hall–Kier alpha value is -2.34. The molecule has 0 aromatic heterocycles. The Morgan fingerprint density at radius 1 is 1.29 bits per heavy atom. The number of nitrogens with zero attached hydrogens (tertiary/aromatic N) is 2. The van der Waals surface area contributed by atoms with Gasteiger partial charge in [0, 0.05) is 39.2 Å². The molecule has 3 atom stereocenters. The first-order chi connectivity index (χ1) is 16.6. The van der Waals surface area contributed by atoms with Crippen molar-refractivity contribution in [3.05, 3.63) is 58.9 Å². The Morgan fingerprint density at radius 2 is 2.15 bits per heavy atom. The van der Waals surface area contributed by atoms with E-state index in [0.29, 0.717) is 25.1 Å². The Labute approximate surface area is 201 Å². The fourth-order valence-electron chi connectivity index (χ4n) is 5.35. The van der Waals surface area contributed by atoms with Gasteiger partial charge in [0.2, 0.25) is 0 Å². The number of nitriles is 1. The van der Waals surface area contributed by atoms with Crippen LogP contribution in [0.2, 0.25) is 0 Å². The van der Waals surface area contributed by atoms with Crippen molar-refractivity contribution < 1.29 is 13.9 Å². The van der Waals surface area contributed by atoms with Gasteiger partial charge in [-0.15, -0.1) is 0 Å². The van der Waals surface area contributed by atoms with Gasteiger partial charge in [-0.2, -0.15) is 5.26 Å². The SMILES string of the molecule is CN1CCC2(C1)OCc1ccc(-c3ccc(C[C@@H](C#N)NCC4CNCCCO4)c(F)c3)cc12. The second kappa shape index (κ2) is 10.1. The van der Waals surface area contributed by atoms with Crippen molar-refractivity contribution in [2.75, 3.05) is 46.4 Å². The average molecular weight is 465 g/mol. The molecule has 3 aliphatic heterocycles. The molecule has 0 saturated carbocycles. The van der Waals surface area contributed by atoms with E-state index in [9.17, 15) is 5.26 Å². The number of likely N-dealkylation sites (tertiary alicyclic amines) is 1. The molecule has 0 bridgehead atoms. The molecular formula is C27H33FN4O2. The van der Waals surface area contributed by atoms with Crippen LogP contribution in [0.3, 0.4) is 0 Å². The third-order valence-electron chi connectivity index (χ3n) is 7.31. The van der Waals surface area contributed by atoms with Gasteiger partial charge in [0.05, 0.1) is 24.8 Å². The van der Waals surface area contributed by atoms with Gasteiger partial charge in [-0.05, 0) is 66.4 Å². The van der Waals surface area contributed by atoms with E-state index < -0.39 is 6.04 Å². The van der Waals surface area contributed by atoms with Crippen LogP contribution in [0.25, 0.3) is 11.1 Å². The van der Waals surface area contributed by atoms with Crippen LogP contribution < -0.4 is 10.6 Å². The van der Waals surface area contributed by atoms with E-state index in [1.165, 1.54) is 11.1 Å². The summed E-state index contributed by atoms with van der Waals surface area (Å²) in [6.07, 6.45) is 2.32. The quantitative estimate of drug-likeness (QED) is 0.685. The maximum atomic E-state index is 15.1. The van der Waals surface area contributed by atoms with Gasteiger partial charge in [-0.25, -0.2) is 4.39 Å². The summed E-state index contributed by atoms with van der Waals surface area (Å²) in [6, 6.07) is 13.5. The summed E-state index contributed by atoms with van der Waals surface area (Å²) in [5.41, 5.74) is 4.62. The lowest BCUT2D eigenvalue weighted by Gasteiger charge is -2.24. The molecule has 6 nitrogen and oxygen atoms in total. The number of halogens is 1. The Morgan fingerprint density at radius 3 is 2.94 bits per heavy atom. The van der Waals surface area contributed by atoms with Crippen LogP contribution in [-0.4, -0.2) is 63.4 Å². The van der Waals surface area contributed by atoms with Crippen molar-refractivity contribution in [3.63, 3.8) is 0 Å². The number of hydrogen-bond acceptors (Lipinski definition) is 6. The minimum Gasteiger partial charge on any atom is -0.376 e. The van der Waals surface area contributed by atoms with Gasteiger partial charge < -0.3 is 19.7 Å². The third kappa shape index (κ3) is 4.88. The zero-order valence-corrected chi connectivity index (χ0v) is 19.8. The number of benzene rings is 2. The average Bonchev–Trinajstić information content (AvgIpc) is 3.28. The molecule has 3 heterocycles. The van der Waals surface area contributed by atoms with E-state index in [4.69, 9.17) is 9.47 Å². The predicted molar refractivity (Wildman–Crippen MR) is 129 cm³/mol. The smallest absolute Gasteiger partial charge is 0.127 e. The molecule has 5 rings (SSSR count). The maximum absolute atomic E-state index is 15.1. The number of ether oxygens (including phenoxy) is 2. The van der Waals surface area contributed by atoms with E-state index in [2.05, 4.69) is 46.8 Å². The van der Waals surface area contributed by atoms with E-state index in [0.717, 1.165) is 56.8 Å². The Kier molecular flexibility index (Phi) is 6.96. The van der Waals surface area contributed by atoms with E-state index in [1.807, 2.05) is 12.1 Å². The first-order valence-electron chi connectivity index (χ1n) is 12.3. The third-order valence-corrected chi connectivity index (χ3v) is 7.31. The van der Waals surface area contributed by atoms with Crippen LogP contribution in [0.4, 0.5) is 4.39 Å². The number of nitrogens with one attached hydrogen (secondary N) is 2. The highest BCUT2D eigenvalue weighted by atomic mass is 19.1. The van der Waals surface area contributed by atoms with Crippen LogP contribution >= 0.6 is 0 Å². The number of hydrogen-bond donors (Lipinski definition) is 2. The maximum Gasteiger partial charge on any atom is 0.127 e. The van der Waals surface area contributed by atoms with Crippen LogP contribution in [0.5, 0.6) is 0 Å². The molecule has 0 aliphatic carbocycles. The van der Waals surface area contributed by atoms with Crippen molar-refractivity contribution in [1.82, 2.24) is 15.5 Å². The summed E-state index contributed by atoms with van der Waals surface area (Å²) in [5.74, 6) is -0.279. The van der Waals surface area contributed by atoms with E-state index in [-0.39, 0.29) is 17.5 Å². The lowest BCUT2D eigenvalue weighted by Crippen LogP contribution is -2.40. The normalized spacial score (nSPS) is 25.7. The van der Waals surface area contributed by atoms with Crippen LogP contribution in [-0.2, 0) is 28.1 Å². The molecule has 2 N–H and O–H groups in total. The molecule has 2 unspecified atom stereocenters. The topological polar surface area (TPSA) is 69.5 Å². The van der Waals surface area contributed by atoms with Gasteiger partial charge in [-0.3, -0.25) is 5.32 Å². The summed E-state index contributed by atoms with van der Waals surface area (Å²) in [6.45, 7) is 5.55. The molecule has 34 heavy (non-hydrogen) atoms. The van der Waals surface area contributed by atoms with Gasteiger partial charge in [0.15, 0.2) is 0 Å². The molecule has 0 radical (unpaired) electrons. The summed E-state index contributed by atoms with van der Waals surface area (Å²) < 4.78 is 27.1. The summed E-state index contributed by atoms with van der Waals surface area (Å²) in [7, 11) is 2.12. The molecule has 2 saturated heterocycles. The van der Waals surface area contributed by atoms with E-state index >= 15 is 4.39 Å². The van der Waals surface area contributed by atoms with Crippen molar-refractivity contribution in [3.8, 4) is 17.2 Å². The number of likely N-dealkylation sites (N-methyl/N-ethyl adjacent to an activating group) is 1. The first-order valence-corrected chi connectivity index (χ1v) is 12.3. The van der Waals surface area contributed by atoms with E-state index in [1.54, 1.807) is 6.07 Å². The highest BCUT2D eigenvalue weighted by Gasteiger charge is 2.44. The molecule has 0 amide bonds. The Bertz CT molecular complexity index is 1060. The minimum absolute atomic E-state index is 0.0253. The molecule has 180 valence electrons. The molecule has 7 heteroatoms. The fraction of sp³-hybridized carbons (Fsp3) is 0.519. The fourth-order valence-corrected chi connectivity index (χ4v) is 5.35. The first kappa shape index (κ1) is 23.4. The van der Waals surface area contributed by atoms with Crippen molar-refractivity contribution in [2.24, 2.45) is 0 Å². The molecular weight excluding hydrogens is 431 g/mol. The number of rotatable bonds is 6. The molecule has 1 spiro atoms. The lowest BCUT2D eigenvalue weighted by molar-refractivity contribution is -0.0280. The molecule has 2 aromatic carbocycles. The van der Waals surface area contributed by atoms with Gasteiger partial charge >= 0.3 is 0 Å². The van der Waals surface area contributed by atoms with Crippen LogP contribution in [0.15, 0.2) is 36.4 Å². The lowest BCUT2D eigenvalue weighted by atomic mass is 9.88. The van der Waals surface area contributed by atoms with Crippen molar-refractivity contribution in [1.29, 1.82) is 5.26 Å². The number of fused-ring (bicyclic) bond motifs is 2. The van der Waals surface area contributed by atoms with Crippen LogP contribution in [0, 0.1) is 17.1 Å². The summed E-state index contributed by atoms with van der Waals surface area (Å²) >= 11 is 0. The largest absolute Gasteiger partial charge is 0.376 e.